The van der Waals surface area contributed by atoms with Gasteiger partial charge in [0.2, 0.25) is 0 Å². The van der Waals surface area contributed by atoms with E-state index in [0.29, 0.717) is 6.04 Å². The third-order valence-electron chi connectivity index (χ3n) is 4.10. The summed E-state index contributed by atoms with van der Waals surface area (Å²) in [5, 5.41) is 10.2. The molecule has 0 aromatic heterocycles. The Bertz CT molecular complexity index is 277. The topological polar surface area (TPSA) is 35.9 Å². The van der Waals surface area contributed by atoms with E-state index < -0.39 is 0 Å². The van der Waals surface area contributed by atoms with E-state index in [4.69, 9.17) is 4.74 Å². The van der Waals surface area contributed by atoms with Gasteiger partial charge in [0.1, 0.15) is 0 Å². The lowest BCUT2D eigenvalue weighted by atomic mass is 10.1. The molecule has 2 aliphatic heterocycles. The summed E-state index contributed by atoms with van der Waals surface area (Å²) >= 11 is 0. The van der Waals surface area contributed by atoms with Crippen LogP contribution in [0.3, 0.4) is 0 Å². The van der Waals surface area contributed by atoms with Crippen LogP contribution in [-0.2, 0) is 4.74 Å². The lowest BCUT2D eigenvalue weighted by Gasteiger charge is -2.33. The van der Waals surface area contributed by atoms with Gasteiger partial charge in [0.15, 0.2) is 0 Å². The minimum absolute atomic E-state index is 0.190. The smallest absolute Gasteiger partial charge is 0.0834 e. The highest BCUT2D eigenvalue weighted by molar-refractivity contribution is 4.91. The van der Waals surface area contributed by atoms with Crippen LogP contribution in [0.25, 0.3) is 0 Å². The van der Waals surface area contributed by atoms with Crippen LogP contribution in [0.2, 0.25) is 0 Å². The number of rotatable bonds is 6. The van der Waals surface area contributed by atoms with Gasteiger partial charge in [0.05, 0.1) is 19.3 Å². The van der Waals surface area contributed by atoms with E-state index in [0.717, 1.165) is 58.8 Å². The first-order valence-electron chi connectivity index (χ1n) is 7.68. The predicted molar refractivity (Wildman–Crippen MR) is 77.3 cm³/mol. The summed E-state index contributed by atoms with van der Waals surface area (Å²) in [6.45, 7) is 8.67. The van der Waals surface area contributed by atoms with E-state index in [-0.39, 0.29) is 6.10 Å². The summed E-state index contributed by atoms with van der Waals surface area (Å²) in [5.74, 6) is 0. The minimum atomic E-state index is -0.190. The van der Waals surface area contributed by atoms with Gasteiger partial charge in [0.25, 0.3) is 0 Å². The van der Waals surface area contributed by atoms with Crippen molar-refractivity contribution in [2.75, 3.05) is 45.9 Å². The molecule has 110 valence electrons. The fourth-order valence-electron chi connectivity index (χ4n) is 3.01. The Hall–Kier alpha value is -0.420. The molecule has 2 rings (SSSR count). The van der Waals surface area contributed by atoms with Gasteiger partial charge in [-0.2, -0.15) is 0 Å². The Morgan fingerprint density at radius 1 is 1.21 bits per heavy atom. The maximum Gasteiger partial charge on any atom is 0.0834 e. The number of ether oxygens (including phenoxy) is 1. The largest absolute Gasteiger partial charge is 0.390 e. The second kappa shape index (κ2) is 8.00. The fourth-order valence-corrected chi connectivity index (χ4v) is 3.01. The maximum atomic E-state index is 10.2. The second-order valence-electron chi connectivity index (χ2n) is 5.56. The van der Waals surface area contributed by atoms with Crippen molar-refractivity contribution in [1.29, 1.82) is 0 Å². The van der Waals surface area contributed by atoms with Crippen LogP contribution in [0.1, 0.15) is 26.2 Å². The lowest BCUT2D eigenvalue weighted by Crippen LogP contribution is -2.48. The molecule has 4 heteroatoms. The number of nitrogens with zero attached hydrogens (tertiary/aromatic N) is 2. The third kappa shape index (κ3) is 4.56. The highest BCUT2D eigenvalue weighted by atomic mass is 16.5. The SMILES string of the molecule is CCC=CCCCN1C[C@H](O)[C@@H](N2CCOCC2)C1. The van der Waals surface area contributed by atoms with E-state index in [1.165, 1.54) is 6.42 Å². The van der Waals surface area contributed by atoms with Crippen molar-refractivity contribution in [3.63, 3.8) is 0 Å². The van der Waals surface area contributed by atoms with E-state index in [2.05, 4.69) is 28.9 Å². The van der Waals surface area contributed by atoms with Crippen molar-refractivity contribution in [2.24, 2.45) is 0 Å². The van der Waals surface area contributed by atoms with Gasteiger partial charge in [0, 0.05) is 32.2 Å². The van der Waals surface area contributed by atoms with Crippen LogP contribution in [0.4, 0.5) is 0 Å². The van der Waals surface area contributed by atoms with Crippen molar-refractivity contribution in [1.82, 2.24) is 9.80 Å². The summed E-state index contributed by atoms with van der Waals surface area (Å²) < 4.78 is 5.38. The number of β-amino-alcohol motifs (C(OH)–C–C–N with tert-alkyl or cyclic N) is 1. The first-order valence-corrected chi connectivity index (χ1v) is 7.68. The number of likely N-dealkylation sites (tertiary alicyclic amines) is 1. The molecule has 0 aliphatic carbocycles. The molecule has 2 atom stereocenters. The quantitative estimate of drug-likeness (QED) is 0.578. The zero-order chi connectivity index (χ0) is 13.5. The summed E-state index contributed by atoms with van der Waals surface area (Å²) in [7, 11) is 0. The number of allylic oxidation sites excluding steroid dienone is 2. The first-order chi connectivity index (χ1) is 9.31. The zero-order valence-electron chi connectivity index (χ0n) is 12.1. The molecule has 0 bridgehead atoms. The molecule has 2 aliphatic rings. The van der Waals surface area contributed by atoms with Crippen LogP contribution >= 0.6 is 0 Å². The van der Waals surface area contributed by atoms with Crippen molar-refractivity contribution >= 4 is 0 Å². The Labute approximate surface area is 117 Å². The molecule has 0 amide bonds. The molecule has 2 saturated heterocycles. The number of morpholine rings is 1. The molecular formula is C15H28N2O2. The Morgan fingerprint density at radius 3 is 2.74 bits per heavy atom. The summed E-state index contributed by atoms with van der Waals surface area (Å²) in [6.07, 6.45) is 7.79. The van der Waals surface area contributed by atoms with Crippen LogP contribution < -0.4 is 0 Å². The zero-order valence-corrected chi connectivity index (χ0v) is 12.1. The molecule has 2 fully saturated rings. The third-order valence-corrected chi connectivity index (χ3v) is 4.10. The molecule has 19 heavy (non-hydrogen) atoms. The summed E-state index contributed by atoms with van der Waals surface area (Å²) in [6, 6.07) is 0.315. The highest BCUT2D eigenvalue weighted by Crippen LogP contribution is 2.18. The van der Waals surface area contributed by atoms with E-state index >= 15 is 0 Å². The lowest BCUT2D eigenvalue weighted by molar-refractivity contribution is -0.00616. The highest BCUT2D eigenvalue weighted by Gasteiger charge is 2.35. The molecule has 0 saturated carbocycles. The standard InChI is InChI=1S/C15H28N2O2/c1-2-3-4-5-6-7-16-12-14(15(18)13-16)17-8-10-19-11-9-17/h3-4,14-15,18H,2,5-13H2,1H3/t14-,15-/m0/s1. The second-order valence-corrected chi connectivity index (χ2v) is 5.56. The minimum Gasteiger partial charge on any atom is -0.390 e. The van der Waals surface area contributed by atoms with E-state index in [1.54, 1.807) is 0 Å². The molecule has 0 radical (unpaired) electrons. The van der Waals surface area contributed by atoms with Crippen molar-refractivity contribution in [2.45, 2.75) is 38.3 Å². The van der Waals surface area contributed by atoms with Gasteiger partial charge in [-0.1, -0.05) is 19.1 Å². The molecule has 2 heterocycles. The van der Waals surface area contributed by atoms with Gasteiger partial charge in [-0.15, -0.1) is 0 Å². The normalized spacial score (nSPS) is 30.4. The Balaban J connectivity index is 1.69. The first kappa shape index (κ1) is 15.0. The average molecular weight is 268 g/mol. The molecule has 1 N–H and O–H groups in total. The van der Waals surface area contributed by atoms with Crippen molar-refractivity contribution < 1.29 is 9.84 Å². The summed E-state index contributed by atoms with van der Waals surface area (Å²) in [5.41, 5.74) is 0. The number of hydrogen-bond donors (Lipinski definition) is 1. The Kier molecular flexibility index (Phi) is 6.31. The molecular weight excluding hydrogens is 240 g/mol. The molecule has 0 aromatic carbocycles. The monoisotopic (exact) mass is 268 g/mol. The fraction of sp³-hybridized carbons (Fsp3) is 0.867. The van der Waals surface area contributed by atoms with Gasteiger partial charge in [-0.05, 0) is 25.8 Å². The van der Waals surface area contributed by atoms with Crippen LogP contribution in [0.5, 0.6) is 0 Å². The molecule has 0 unspecified atom stereocenters. The van der Waals surface area contributed by atoms with Crippen LogP contribution in [-0.4, -0.2) is 73.0 Å². The number of aliphatic hydroxyl groups is 1. The van der Waals surface area contributed by atoms with Gasteiger partial charge in [-0.25, -0.2) is 0 Å². The average Bonchev–Trinajstić information content (AvgIpc) is 2.81. The van der Waals surface area contributed by atoms with Crippen LogP contribution in [0, 0.1) is 0 Å². The van der Waals surface area contributed by atoms with Gasteiger partial charge in [-0.3, -0.25) is 9.80 Å². The van der Waals surface area contributed by atoms with Crippen molar-refractivity contribution in [3.05, 3.63) is 12.2 Å². The maximum absolute atomic E-state index is 10.2. The number of hydrogen-bond acceptors (Lipinski definition) is 4. The number of aliphatic hydroxyl groups excluding tert-OH is 1. The van der Waals surface area contributed by atoms with E-state index in [9.17, 15) is 5.11 Å². The molecule has 0 aromatic rings. The molecule has 4 nitrogen and oxygen atoms in total. The van der Waals surface area contributed by atoms with Crippen molar-refractivity contribution in [3.8, 4) is 0 Å². The van der Waals surface area contributed by atoms with Crippen LogP contribution in [0.15, 0.2) is 12.2 Å². The van der Waals surface area contributed by atoms with Gasteiger partial charge < -0.3 is 9.84 Å². The number of unbranched alkanes of at least 4 members (excludes halogenated alkanes) is 1. The predicted octanol–water partition coefficient (Wildman–Crippen LogP) is 1.11. The summed E-state index contributed by atoms with van der Waals surface area (Å²) in [4.78, 5) is 4.80. The molecule has 0 spiro atoms. The van der Waals surface area contributed by atoms with E-state index in [1.807, 2.05) is 0 Å². The van der Waals surface area contributed by atoms with Gasteiger partial charge >= 0.3 is 0 Å². The Morgan fingerprint density at radius 2 is 2.00 bits per heavy atom.